The first-order chi connectivity index (χ1) is 9.48. The summed E-state index contributed by atoms with van der Waals surface area (Å²) in [7, 11) is -4.16. The highest BCUT2D eigenvalue weighted by atomic mass is 32.2. The number of ether oxygens (including phenoxy) is 2. The van der Waals surface area contributed by atoms with Crippen molar-refractivity contribution in [3.05, 3.63) is 0 Å². The summed E-state index contributed by atoms with van der Waals surface area (Å²) < 4.78 is 39.5. The van der Waals surface area contributed by atoms with Gasteiger partial charge in [0.05, 0.1) is 18.4 Å². The number of hydrogen-bond donors (Lipinski definition) is 1. The second-order valence-electron chi connectivity index (χ2n) is 6.14. The van der Waals surface area contributed by atoms with Gasteiger partial charge < -0.3 is 9.47 Å². The van der Waals surface area contributed by atoms with Crippen molar-refractivity contribution in [2.75, 3.05) is 19.0 Å². The van der Waals surface area contributed by atoms with Gasteiger partial charge in [-0.1, -0.05) is 13.8 Å². The summed E-state index contributed by atoms with van der Waals surface area (Å²) in [6, 6.07) is 0. The molecule has 0 amide bonds. The highest BCUT2D eigenvalue weighted by Gasteiger charge is 2.50. The molecule has 1 atom stereocenters. The zero-order valence-corrected chi connectivity index (χ0v) is 13.4. The first-order valence-corrected chi connectivity index (χ1v) is 8.37. The van der Waals surface area contributed by atoms with E-state index in [9.17, 15) is 18.0 Å². The fourth-order valence-corrected chi connectivity index (χ4v) is 2.63. The first kappa shape index (κ1) is 17.9. The average molecular weight is 322 g/mol. The van der Waals surface area contributed by atoms with Crippen LogP contribution in [-0.2, 0) is 29.2 Å². The molecule has 0 aromatic carbocycles. The Kier molecular flexibility index (Phi) is 5.38. The molecular weight excluding hydrogens is 300 g/mol. The van der Waals surface area contributed by atoms with Crippen LogP contribution >= 0.6 is 0 Å². The lowest BCUT2D eigenvalue weighted by Crippen LogP contribution is -2.47. The van der Waals surface area contributed by atoms with Crippen molar-refractivity contribution in [3.8, 4) is 0 Å². The van der Waals surface area contributed by atoms with E-state index in [2.05, 4.69) is 0 Å². The number of carbonyl (C=O) groups excluding carboxylic acids is 2. The molecule has 0 aromatic heterocycles. The van der Waals surface area contributed by atoms with Crippen LogP contribution in [0.15, 0.2) is 0 Å². The molecule has 8 heteroatoms. The Labute approximate surface area is 124 Å². The normalized spacial score (nSPS) is 23.5. The van der Waals surface area contributed by atoms with Crippen LogP contribution in [0, 0.1) is 10.8 Å². The molecule has 0 saturated carbocycles. The zero-order valence-electron chi connectivity index (χ0n) is 12.5. The van der Waals surface area contributed by atoms with E-state index in [1.165, 1.54) is 0 Å². The summed E-state index contributed by atoms with van der Waals surface area (Å²) in [6.07, 6.45) is 1.32. The summed E-state index contributed by atoms with van der Waals surface area (Å²) in [5, 5.41) is 0. The Morgan fingerprint density at radius 1 is 1.48 bits per heavy atom. The van der Waals surface area contributed by atoms with Gasteiger partial charge in [-0.2, -0.15) is 8.42 Å². The van der Waals surface area contributed by atoms with E-state index in [1.54, 1.807) is 20.8 Å². The maximum Gasteiger partial charge on any atom is 0.312 e. The minimum Gasteiger partial charge on any atom is -0.465 e. The molecule has 1 aliphatic heterocycles. The molecule has 1 unspecified atom stereocenters. The Balaban J connectivity index is 2.62. The first-order valence-electron chi connectivity index (χ1n) is 6.76. The Hall–Kier alpha value is -1.15. The minimum absolute atomic E-state index is 0.0376. The molecule has 0 bridgehead atoms. The second kappa shape index (κ2) is 6.31. The fraction of sp³-hybridized carbons (Fsp3) is 0.846. The number of hydrogen-bond acceptors (Lipinski definition) is 6. The van der Waals surface area contributed by atoms with Crippen molar-refractivity contribution < 1.29 is 32.0 Å². The van der Waals surface area contributed by atoms with Crippen LogP contribution in [-0.4, -0.2) is 43.9 Å². The highest BCUT2D eigenvalue weighted by molar-refractivity contribution is 7.85. The molecule has 1 heterocycles. The molecule has 1 aliphatic rings. The predicted molar refractivity (Wildman–Crippen MR) is 74.1 cm³/mol. The SMILES string of the molecule is CC(C)(CC(=O)OCCS(=O)(=O)O)C1(C)CCCOC1=O. The quantitative estimate of drug-likeness (QED) is 0.578. The lowest BCUT2D eigenvalue weighted by Gasteiger charge is -2.43. The van der Waals surface area contributed by atoms with E-state index in [-0.39, 0.29) is 12.4 Å². The molecule has 1 fully saturated rings. The Morgan fingerprint density at radius 2 is 2.10 bits per heavy atom. The van der Waals surface area contributed by atoms with Crippen molar-refractivity contribution in [2.24, 2.45) is 10.8 Å². The summed E-state index contributed by atoms with van der Waals surface area (Å²) in [5.74, 6) is -1.58. The standard InChI is InChI=1S/C13H22O7S/c1-12(2,13(3)5-4-6-20-11(13)15)9-10(14)19-7-8-21(16,17)18/h4-9H2,1-3H3,(H,16,17,18). The third-order valence-corrected chi connectivity index (χ3v) is 4.87. The van der Waals surface area contributed by atoms with E-state index >= 15 is 0 Å². The van der Waals surface area contributed by atoms with Crippen LogP contribution in [0.5, 0.6) is 0 Å². The second-order valence-corrected chi connectivity index (χ2v) is 7.71. The van der Waals surface area contributed by atoms with E-state index in [1.807, 2.05) is 0 Å². The molecule has 1 N–H and O–H groups in total. The van der Waals surface area contributed by atoms with Crippen LogP contribution < -0.4 is 0 Å². The monoisotopic (exact) mass is 322 g/mol. The van der Waals surface area contributed by atoms with Gasteiger partial charge in [-0.05, 0) is 25.2 Å². The lowest BCUT2D eigenvalue weighted by atomic mass is 9.62. The van der Waals surface area contributed by atoms with Crippen molar-refractivity contribution >= 4 is 22.1 Å². The van der Waals surface area contributed by atoms with Gasteiger partial charge in [-0.25, -0.2) is 0 Å². The van der Waals surface area contributed by atoms with Gasteiger partial charge in [-0.3, -0.25) is 14.1 Å². The summed E-state index contributed by atoms with van der Waals surface area (Å²) in [5.41, 5.74) is -1.47. The van der Waals surface area contributed by atoms with Crippen LogP contribution in [0.1, 0.15) is 40.0 Å². The van der Waals surface area contributed by atoms with Gasteiger partial charge in [0.2, 0.25) is 0 Å². The largest absolute Gasteiger partial charge is 0.465 e. The lowest BCUT2D eigenvalue weighted by molar-refractivity contribution is -0.172. The Morgan fingerprint density at radius 3 is 2.62 bits per heavy atom. The predicted octanol–water partition coefficient (Wildman–Crippen LogP) is 1.18. The fourth-order valence-electron chi connectivity index (χ4n) is 2.33. The number of rotatable bonds is 6. The molecule has 1 rings (SSSR count). The maximum absolute atomic E-state index is 12.0. The van der Waals surface area contributed by atoms with Crippen molar-refractivity contribution in [2.45, 2.75) is 40.0 Å². The van der Waals surface area contributed by atoms with E-state index in [4.69, 9.17) is 14.0 Å². The van der Waals surface area contributed by atoms with Gasteiger partial charge in [0, 0.05) is 0 Å². The molecule has 0 aromatic rings. The molecule has 0 spiro atoms. The summed E-state index contributed by atoms with van der Waals surface area (Å²) in [4.78, 5) is 23.8. The van der Waals surface area contributed by atoms with Gasteiger partial charge in [-0.15, -0.1) is 0 Å². The van der Waals surface area contributed by atoms with Crippen molar-refractivity contribution in [1.29, 1.82) is 0 Å². The van der Waals surface area contributed by atoms with Gasteiger partial charge in [0.25, 0.3) is 10.1 Å². The molecule has 0 radical (unpaired) electrons. The van der Waals surface area contributed by atoms with Crippen LogP contribution in [0.25, 0.3) is 0 Å². The number of esters is 2. The van der Waals surface area contributed by atoms with E-state index in [0.29, 0.717) is 13.0 Å². The van der Waals surface area contributed by atoms with E-state index < -0.39 is 39.3 Å². The molecule has 0 aliphatic carbocycles. The smallest absolute Gasteiger partial charge is 0.312 e. The van der Waals surface area contributed by atoms with Crippen LogP contribution in [0.3, 0.4) is 0 Å². The average Bonchev–Trinajstić information content (AvgIpc) is 2.30. The van der Waals surface area contributed by atoms with Gasteiger partial charge in [0.15, 0.2) is 0 Å². The zero-order chi connectivity index (χ0) is 16.3. The van der Waals surface area contributed by atoms with Crippen LogP contribution in [0.2, 0.25) is 0 Å². The number of cyclic esters (lactones) is 1. The molecule has 21 heavy (non-hydrogen) atoms. The number of carbonyl (C=O) groups is 2. The van der Waals surface area contributed by atoms with Crippen molar-refractivity contribution in [3.63, 3.8) is 0 Å². The van der Waals surface area contributed by atoms with Gasteiger partial charge in [0.1, 0.15) is 12.4 Å². The van der Waals surface area contributed by atoms with E-state index in [0.717, 1.165) is 6.42 Å². The van der Waals surface area contributed by atoms with Crippen LogP contribution in [0.4, 0.5) is 0 Å². The Bertz CT molecular complexity index is 509. The third-order valence-electron chi connectivity index (χ3n) is 4.19. The minimum atomic E-state index is -4.16. The third kappa shape index (κ3) is 4.67. The summed E-state index contributed by atoms with van der Waals surface area (Å²) in [6.45, 7) is 5.31. The van der Waals surface area contributed by atoms with Crippen molar-refractivity contribution in [1.82, 2.24) is 0 Å². The summed E-state index contributed by atoms with van der Waals surface area (Å²) >= 11 is 0. The maximum atomic E-state index is 12.0. The highest BCUT2D eigenvalue weighted by Crippen LogP contribution is 2.47. The topological polar surface area (TPSA) is 107 Å². The molecular formula is C13H22O7S. The molecule has 1 saturated heterocycles. The molecule has 122 valence electrons. The molecule has 7 nitrogen and oxygen atoms in total. The van der Waals surface area contributed by atoms with Gasteiger partial charge >= 0.3 is 11.9 Å².